The predicted molar refractivity (Wildman–Crippen MR) is 93.4 cm³/mol. The molecule has 0 bridgehead atoms. The minimum atomic E-state index is -3.48. The average molecular weight is 333 g/mol. The Morgan fingerprint density at radius 2 is 1.91 bits per heavy atom. The van der Waals surface area contributed by atoms with Crippen LogP contribution in [0.25, 0.3) is 6.08 Å². The highest BCUT2D eigenvalue weighted by molar-refractivity contribution is 7.92. The number of nitrogens with one attached hydrogen (secondary N) is 1. The fraction of sp³-hybridized carbons (Fsp3) is 0.353. The molecule has 0 unspecified atom stereocenters. The van der Waals surface area contributed by atoms with Crippen molar-refractivity contribution >= 4 is 16.1 Å². The van der Waals surface area contributed by atoms with E-state index in [-0.39, 0.29) is 6.04 Å². The standard InChI is InChI=1S/C17H23N3O2S/c1-13(12-17-14(2)18-20(4)15(17)3)19-23(21,22)11-10-16-8-6-5-7-9-16/h5-11,13,19H,12H2,1-4H3/b11-10-/t13-/m1/s1. The molecule has 0 radical (unpaired) electrons. The second-order valence-electron chi connectivity index (χ2n) is 5.75. The number of benzene rings is 1. The Morgan fingerprint density at radius 1 is 1.26 bits per heavy atom. The summed E-state index contributed by atoms with van der Waals surface area (Å²) in [6.45, 7) is 5.80. The van der Waals surface area contributed by atoms with Crippen molar-refractivity contribution in [2.24, 2.45) is 7.05 Å². The molecule has 0 aliphatic carbocycles. The van der Waals surface area contributed by atoms with Crippen LogP contribution in [0.2, 0.25) is 0 Å². The van der Waals surface area contributed by atoms with Crippen molar-refractivity contribution in [3.8, 4) is 0 Å². The van der Waals surface area contributed by atoms with E-state index in [2.05, 4.69) is 9.82 Å². The molecule has 6 heteroatoms. The van der Waals surface area contributed by atoms with E-state index in [9.17, 15) is 8.42 Å². The summed E-state index contributed by atoms with van der Waals surface area (Å²) in [5.41, 5.74) is 3.95. The maximum atomic E-state index is 12.2. The molecule has 1 N–H and O–H groups in total. The van der Waals surface area contributed by atoms with Gasteiger partial charge in [0.15, 0.2) is 0 Å². The van der Waals surface area contributed by atoms with Gasteiger partial charge in [-0.1, -0.05) is 30.3 Å². The SMILES string of the molecule is Cc1nn(C)c(C)c1C[C@@H](C)NS(=O)(=O)/C=C\c1ccccc1. The Labute approximate surface area is 138 Å². The number of sulfonamides is 1. The van der Waals surface area contributed by atoms with Crippen LogP contribution in [0.15, 0.2) is 35.7 Å². The molecular formula is C17H23N3O2S. The Kier molecular flexibility index (Phi) is 5.38. The molecule has 2 aromatic rings. The van der Waals surface area contributed by atoms with Crippen molar-refractivity contribution in [3.63, 3.8) is 0 Å². The maximum absolute atomic E-state index is 12.2. The van der Waals surface area contributed by atoms with Crippen LogP contribution in [0.1, 0.15) is 29.4 Å². The van der Waals surface area contributed by atoms with Crippen LogP contribution in [-0.4, -0.2) is 24.2 Å². The highest BCUT2D eigenvalue weighted by Crippen LogP contribution is 2.14. The summed E-state index contributed by atoms with van der Waals surface area (Å²) in [5.74, 6) is 0. The molecule has 0 aliphatic rings. The third kappa shape index (κ3) is 4.77. The summed E-state index contributed by atoms with van der Waals surface area (Å²) in [7, 11) is -1.58. The van der Waals surface area contributed by atoms with E-state index >= 15 is 0 Å². The van der Waals surface area contributed by atoms with Gasteiger partial charge in [0.2, 0.25) is 10.0 Å². The van der Waals surface area contributed by atoms with Crippen molar-refractivity contribution in [2.45, 2.75) is 33.2 Å². The molecule has 0 spiro atoms. The van der Waals surface area contributed by atoms with E-state index in [4.69, 9.17) is 0 Å². The maximum Gasteiger partial charge on any atom is 0.233 e. The van der Waals surface area contributed by atoms with E-state index < -0.39 is 10.0 Å². The summed E-state index contributed by atoms with van der Waals surface area (Å²) in [4.78, 5) is 0. The molecule has 23 heavy (non-hydrogen) atoms. The molecule has 0 saturated carbocycles. The average Bonchev–Trinajstić information content (AvgIpc) is 2.72. The molecule has 0 saturated heterocycles. The van der Waals surface area contributed by atoms with Crippen LogP contribution in [0, 0.1) is 13.8 Å². The van der Waals surface area contributed by atoms with Gasteiger partial charge in [-0.05, 0) is 44.4 Å². The number of hydrogen-bond donors (Lipinski definition) is 1. The summed E-state index contributed by atoms with van der Waals surface area (Å²) < 4.78 is 28.8. The lowest BCUT2D eigenvalue weighted by molar-refractivity contribution is 0.568. The summed E-state index contributed by atoms with van der Waals surface area (Å²) >= 11 is 0. The second kappa shape index (κ2) is 7.10. The molecule has 1 aromatic heterocycles. The first-order chi connectivity index (χ1) is 10.8. The van der Waals surface area contributed by atoms with Gasteiger partial charge in [0, 0.05) is 24.2 Å². The highest BCUT2D eigenvalue weighted by Gasteiger charge is 2.16. The van der Waals surface area contributed by atoms with Gasteiger partial charge in [-0.25, -0.2) is 13.1 Å². The van der Waals surface area contributed by atoms with Crippen molar-refractivity contribution in [3.05, 3.63) is 58.3 Å². The third-order valence-corrected chi connectivity index (χ3v) is 5.00. The first kappa shape index (κ1) is 17.4. The van der Waals surface area contributed by atoms with Gasteiger partial charge in [0.1, 0.15) is 0 Å². The Bertz CT molecular complexity index is 793. The normalized spacial score (nSPS) is 13.6. The fourth-order valence-electron chi connectivity index (χ4n) is 2.51. The monoisotopic (exact) mass is 333 g/mol. The Hall–Kier alpha value is -1.92. The smallest absolute Gasteiger partial charge is 0.233 e. The van der Waals surface area contributed by atoms with E-state index in [1.165, 1.54) is 5.41 Å². The predicted octanol–water partition coefficient (Wildman–Crippen LogP) is 2.56. The fourth-order valence-corrected chi connectivity index (χ4v) is 3.57. The van der Waals surface area contributed by atoms with Gasteiger partial charge >= 0.3 is 0 Å². The van der Waals surface area contributed by atoms with Crippen LogP contribution in [0.4, 0.5) is 0 Å². The minimum absolute atomic E-state index is 0.206. The quantitative estimate of drug-likeness (QED) is 0.883. The first-order valence-electron chi connectivity index (χ1n) is 7.53. The number of hydrogen-bond acceptors (Lipinski definition) is 3. The largest absolute Gasteiger partial charge is 0.272 e. The molecule has 1 heterocycles. The third-order valence-electron chi connectivity index (χ3n) is 3.77. The van der Waals surface area contributed by atoms with Crippen LogP contribution in [-0.2, 0) is 23.5 Å². The highest BCUT2D eigenvalue weighted by atomic mass is 32.2. The number of aromatic nitrogens is 2. The lowest BCUT2D eigenvalue weighted by Crippen LogP contribution is -2.32. The van der Waals surface area contributed by atoms with Crippen molar-refractivity contribution < 1.29 is 8.42 Å². The van der Waals surface area contributed by atoms with Gasteiger partial charge in [-0.2, -0.15) is 5.10 Å². The van der Waals surface area contributed by atoms with Crippen LogP contribution < -0.4 is 4.72 Å². The zero-order valence-corrected chi connectivity index (χ0v) is 14.8. The minimum Gasteiger partial charge on any atom is -0.272 e. The Morgan fingerprint density at radius 3 is 2.48 bits per heavy atom. The van der Waals surface area contributed by atoms with Gasteiger partial charge < -0.3 is 0 Å². The number of rotatable bonds is 6. The molecular weight excluding hydrogens is 310 g/mol. The molecule has 0 amide bonds. The van der Waals surface area contributed by atoms with Crippen molar-refractivity contribution in [1.82, 2.24) is 14.5 Å². The van der Waals surface area contributed by atoms with E-state index in [0.717, 1.165) is 22.5 Å². The second-order valence-corrected chi connectivity index (χ2v) is 7.35. The molecule has 5 nitrogen and oxygen atoms in total. The zero-order chi connectivity index (χ0) is 17.0. The molecule has 2 rings (SSSR count). The zero-order valence-electron chi connectivity index (χ0n) is 13.9. The van der Waals surface area contributed by atoms with Crippen molar-refractivity contribution in [2.75, 3.05) is 0 Å². The van der Waals surface area contributed by atoms with Gasteiger partial charge in [0.25, 0.3) is 0 Å². The summed E-state index contributed by atoms with van der Waals surface area (Å²) in [5, 5.41) is 5.57. The topological polar surface area (TPSA) is 64.0 Å². The Balaban J connectivity index is 2.04. The molecule has 0 fully saturated rings. The van der Waals surface area contributed by atoms with Crippen LogP contribution >= 0.6 is 0 Å². The molecule has 0 aliphatic heterocycles. The van der Waals surface area contributed by atoms with Crippen molar-refractivity contribution in [1.29, 1.82) is 0 Å². The van der Waals surface area contributed by atoms with Gasteiger partial charge in [0.05, 0.1) is 5.69 Å². The number of aryl methyl sites for hydroxylation is 2. The number of nitrogens with zero attached hydrogens (tertiary/aromatic N) is 2. The summed E-state index contributed by atoms with van der Waals surface area (Å²) in [6, 6.07) is 9.15. The van der Waals surface area contributed by atoms with E-state index in [1.807, 2.05) is 62.8 Å². The van der Waals surface area contributed by atoms with E-state index in [1.54, 1.807) is 6.08 Å². The van der Waals surface area contributed by atoms with Gasteiger partial charge in [-0.15, -0.1) is 0 Å². The first-order valence-corrected chi connectivity index (χ1v) is 9.07. The van der Waals surface area contributed by atoms with Gasteiger partial charge in [-0.3, -0.25) is 4.68 Å². The molecule has 1 aromatic carbocycles. The lowest BCUT2D eigenvalue weighted by atomic mass is 10.1. The van der Waals surface area contributed by atoms with Crippen LogP contribution in [0.3, 0.4) is 0 Å². The molecule has 124 valence electrons. The van der Waals surface area contributed by atoms with E-state index in [0.29, 0.717) is 6.42 Å². The van der Waals surface area contributed by atoms with Crippen LogP contribution in [0.5, 0.6) is 0 Å². The lowest BCUT2D eigenvalue weighted by Gasteiger charge is -2.12. The summed E-state index contributed by atoms with van der Waals surface area (Å²) in [6.07, 6.45) is 2.21. The molecule has 1 atom stereocenters.